The van der Waals surface area contributed by atoms with Gasteiger partial charge in [0.1, 0.15) is 0 Å². The molecule has 0 aliphatic rings. The highest BCUT2D eigenvalue weighted by molar-refractivity contribution is 6.43. The molecule has 0 aromatic heterocycles. The van der Waals surface area contributed by atoms with Crippen molar-refractivity contribution >= 4 is 9.52 Å². The molecule has 0 atom stereocenters. The van der Waals surface area contributed by atoms with Crippen molar-refractivity contribution in [2.75, 3.05) is 0 Å². The molecule has 0 fully saturated rings. The van der Waals surface area contributed by atoms with Gasteiger partial charge in [-0.05, 0) is 5.54 Å². The van der Waals surface area contributed by atoms with Gasteiger partial charge in [0, 0.05) is 9.52 Å². The number of hydrogen-bond acceptors (Lipinski definition) is 0. The van der Waals surface area contributed by atoms with Crippen LogP contribution in [-0.4, -0.2) is 9.52 Å². The van der Waals surface area contributed by atoms with Gasteiger partial charge in [0.05, 0.1) is 0 Å². The van der Waals surface area contributed by atoms with Gasteiger partial charge in [-0.25, -0.2) is 0 Å². The minimum atomic E-state index is 0.0995. The Morgan fingerprint density at radius 2 is 2.00 bits per heavy atom. The molecule has 0 bridgehead atoms. The van der Waals surface area contributed by atoms with E-state index in [9.17, 15) is 0 Å². The second-order valence-electron chi connectivity index (χ2n) is 2.21. The molecular weight excluding hydrogens is 112 g/mol. The van der Waals surface area contributed by atoms with Gasteiger partial charge in [-0.3, -0.25) is 0 Å². The van der Waals surface area contributed by atoms with Crippen LogP contribution in [0.4, 0.5) is 0 Å². The lowest BCUT2D eigenvalue weighted by Crippen LogP contribution is -1.96. The van der Waals surface area contributed by atoms with Crippen molar-refractivity contribution in [1.82, 2.24) is 0 Å². The first kappa shape index (κ1) is 7.96. The molecule has 0 aromatic rings. The van der Waals surface area contributed by atoms with Crippen LogP contribution in [0.2, 0.25) is 5.54 Å². The zero-order valence-corrected chi connectivity index (χ0v) is 7.40. The molecule has 0 rings (SSSR count). The van der Waals surface area contributed by atoms with Crippen LogP contribution < -0.4 is 0 Å². The molecule has 48 valence electrons. The van der Waals surface area contributed by atoms with E-state index in [4.69, 9.17) is 0 Å². The fraction of sp³-hybridized carbons (Fsp3) is 0.714. The Hall–Kier alpha value is -0.0431. The summed E-state index contributed by atoms with van der Waals surface area (Å²) < 4.78 is 0. The lowest BCUT2D eigenvalue weighted by molar-refractivity contribution is 0.763. The predicted molar refractivity (Wildman–Crippen MR) is 43.1 cm³/mol. The molecular formula is C7H16Si. The first-order valence-corrected chi connectivity index (χ1v) is 5.09. The highest BCUT2D eigenvalue weighted by Crippen LogP contribution is 2.11. The first-order chi connectivity index (χ1) is 3.85. The lowest BCUT2D eigenvalue weighted by atomic mass is 10.3. The van der Waals surface area contributed by atoms with Crippen LogP contribution >= 0.6 is 0 Å². The summed E-state index contributed by atoms with van der Waals surface area (Å²) in [6.45, 7) is 8.30. The van der Waals surface area contributed by atoms with Gasteiger partial charge in [-0.15, -0.1) is 12.3 Å². The second-order valence-corrected chi connectivity index (χ2v) is 4.41. The first-order valence-electron chi connectivity index (χ1n) is 3.46. The Morgan fingerprint density at radius 1 is 1.50 bits per heavy atom. The Bertz CT molecular complexity index is 55.4. The summed E-state index contributed by atoms with van der Waals surface area (Å²) in [5, 5.41) is 0. The third kappa shape index (κ3) is 3.02. The van der Waals surface area contributed by atoms with Gasteiger partial charge in [0.25, 0.3) is 0 Å². The Morgan fingerprint density at radius 3 is 2.12 bits per heavy atom. The molecule has 8 heavy (non-hydrogen) atoms. The van der Waals surface area contributed by atoms with Crippen LogP contribution in [0.1, 0.15) is 26.7 Å². The van der Waals surface area contributed by atoms with E-state index < -0.39 is 0 Å². The molecule has 0 unspecified atom stereocenters. The van der Waals surface area contributed by atoms with Gasteiger partial charge in [0.15, 0.2) is 0 Å². The molecule has 0 aliphatic carbocycles. The van der Waals surface area contributed by atoms with Crippen LogP contribution in [0.15, 0.2) is 12.3 Å². The fourth-order valence-electron chi connectivity index (χ4n) is 0.858. The topological polar surface area (TPSA) is 0 Å². The molecule has 0 nitrogen and oxygen atoms in total. The number of rotatable bonds is 4. The zero-order chi connectivity index (χ0) is 6.41. The van der Waals surface area contributed by atoms with Gasteiger partial charge in [-0.2, -0.15) is 0 Å². The molecule has 0 spiro atoms. The average molecular weight is 128 g/mol. The molecule has 0 aliphatic heterocycles. The Kier molecular flexibility index (Phi) is 5.07. The van der Waals surface area contributed by atoms with Crippen molar-refractivity contribution < 1.29 is 0 Å². The van der Waals surface area contributed by atoms with Gasteiger partial charge in [0.2, 0.25) is 0 Å². The molecule has 0 saturated carbocycles. The number of hydrogen-bond donors (Lipinski definition) is 0. The molecule has 0 amide bonds. The fourth-order valence-corrected chi connectivity index (χ4v) is 2.00. The van der Waals surface area contributed by atoms with Crippen molar-refractivity contribution in [3.63, 3.8) is 0 Å². The van der Waals surface area contributed by atoms with Gasteiger partial charge in [-0.1, -0.05) is 26.7 Å². The van der Waals surface area contributed by atoms with E-state index in [2.05, 4.69) is 26.1 Å². The summed E-state index contributed by atoms with van der Waals surface area (Å²) in [6.07, 6.45) is 2.71. The smallest absolute Gasteiger partial charge is 0.0476 e. The van der Waals surface area contributed by atoms with Crippen LogP contribution in [0, 0.1) is 0 Å². The summed E-state index contributed by atoms with van der Waals surface area (Å²) in [4.78, 5) is 0. The van der Waals surface area contributed by atoms with E-state index >= 15 is 0 Å². The SMILES string of the molecule is C=C[SiH2]C(CC)CC. The van der Waals surface area contributed by atoms with Crippen LogP contribution in [0.25, 0.3) is 0 Å². The molecule has 0 saturated heterocycles. The van der Waals surface area contributed by atoms with Gasteiger partial charge >= 0.3 is 0 Å². The van der Waals surface area contributed by atoms with Gasteiger partial charge < -0.3 is 0 Å². The molecule has 0 aromatic carbocycles. The molecule has 0 N–H and O–H groups in total. The maximum absolute atomic E-state index is 3.76. The van der Waals surface area contributed by atoms with Crippen molar-refractivity contribution in [3.05, 3.63) is 12.3 Å². The molecule has 0 radical (unpaired) electrons. The standard InChI is InChI=1S/C7H16Si/c1-4-7(5-2)8-6-3/h6-7H,3-5,8H2,1-2H3. The Labute approximate surface area is 54.8 Å². The lowest BCUT2D eigenvalue weighted by Gasteiger charge is -2.05. The maximum atomic E-state index is 3.76. The zero-order valence-electron chi connectivity index (χ0n) is 5.98. The van der Waals surface area contributed by atoms with E-state index in [1.54, 1.807) is 0 Å². The van der Waals surface area contributed by atoms with Crippen molar-refractivity contribution in [2.24, 2.45) is 0 Å². The summed E-state index contributed by atoms with van der Waals surface area (Å²) in [7, 11) is 0.0995. The van der Waals surface area contributed by atoms with Crippen LogP contribution in [0.3, 0.4) is 0 Å². The maximum Gasteiger partial charge on any atom is 0.0476 e. The van der Waals surface area contributed by atoms with E-state index in [0.29, 0.717) is 0 Å². The van der Waals surface area contributed by atoms with Crippen molar-refractivity contribution in [2.45, 2.75) is 32.2 Å². The third-order valence-corrected chi connectivity index (χ3v) is 3.81. The normalized spacial score (nSPS) is 11.4. The highest BCUT2D eigenvalue weighted by atomic mass is 28.2. The summed E-state index contributed by atoms with van der Waals surface area (Å²) in [6, 6.07) is 0. The van der Waals surface area contributed by atoms with Crippen molar-refractivity contribution in [3.8, 4) is 0 Å². The average Bonchev–Trinajstić information content (AvgIpc) is 1.83. The third-order valence-electron chi connectivity index (χ3n) is 1.65. The quantitative estimate of drug-likeness (QED) is 0.507. The second kappa shape index (κ2) is 5.10. The highest BCUT2D eigenvalue weighted by Gasteiger charge is 1.98. The van der Waals surface area contributed by atoms with E-state index in [0.717, 1.165) is 5.54 Å². The van der Waals surface area contributed by atoms with Crippen LogP contribution in [0.5, 0.6) is 0 Å². The van der Waals surface area contributed by atoms with E-state index in [1.807, 2.05) is 0 Å². The molecule has 0 heterocycles. The molecule has 1 heteroatoms. The largest absolute Gasteiger partial charge is 0.108 e. The van der Waals surface area contributed by atoms with Crippen molar-refractivity contribution in [1.29, 1.82) is 0 Å². The Balaban J connectivity index is 3.20. The van der Waals surface area contributed by atoms with E-state index in [1.165, 1.54) is 12.8 Å². The van der Waals surface area contributed by atoms with Crippen LogP contribution in [-0.2, 0) is 0 Å². The summed E-state index contributed by atoms with van der Waals surface area (Å²) >= 11 is 0. The summed E-state index contributed by atoms with van der Waals surface area (Å²) in [5.74, 6) is 0. The monoisotopic (exact) mass is 128 g/mol. The predicted octanol–water partition coefficient (Wildman–Crippen LogP) is 1.91. The summed E-state index contributed by atoms with van der Waals surface area (Å²) in [5.41, 5.74) is 3.17. The minimum absolute atomic E-state index is 0.0995. The minimum Gasteiger partial charge on any atom is -0.108 e. The van der Waals surface area contributed by atoms with E-state index in [-0.39, 0.29) is 9.52 Å².